The van der Waals surface area contributed by atoms with E-state index in [1.54, 1.807) is 12.1 Å². The number of hydrogen-bond donors (Lipinski definition) is 1. The van der Waals surface area contributed by atoms with Gasteiger partial charge in [-0.1, -0.05) is 12.1 Å². The third-order valence-corrected chi connectivity index (χ3v) is 5.48. The van der Waals surface area contributed by atoms with Crippen LogP contribution in [0.25, 0.3) is 0 Å². The van der Waals surface area contributed by atoms with Gasteiger partial charge >= 0.3 is 5.97 Å². The zero-order valence-electron chi connectivity index (χ0n) is 14.5. The summed E-state index contributed by atoms with van der Waals surface area (Å²) in [4.78, 5) is 18.4. The van der Waals surface area contributed by atoms with Crippen molar-refractivity contribution in [2.75, 3.05) is 13.1 Å². The van der Waals surface area contributed by atoms with Gasteiger partial charge in [-0.25, -0.2) is 9.78 Å². The van der Waals surface area contributed by atoms with Crippen molar-refractivity contribution in [1.29, 1.82) is 0 Å². The SMILES string of the molecule is O=C(O)c1cccc(CN2CCCC(c3ncc4n3CCCC4)C2)c1. The number of imidazole rings is 1. The zero-order valence-corrected chi connectivity index (χ0v) is 14.5. The van der Waals surface area contributed by atoms with Gasteiger partial charge in [-0.3, -0.25) is 4.90 Å². The Hall–Kier alpha value is -2.14. The predicted molar refractivity (Wildman–Crippen MR) is 95.8 cm³/mol. The predicted octanol–water partition coefficient (Wildman–Crippen LogP) is 3.30. The van der Waals surface area contributed by atoms with Crippen molar-refractivity contribution in [2.24, 2.45) is 0 Å². The molecule has 2 aliphatic rings. The van der Waals surface area contributed by atoms with Gasteiger partial charge in [-0.15, -0.1) is 0 Å². The molecule has 1 unspecified atom stereocenters. The zero-order chi connectivity index (χ0) is 17.2. The van der Waals surface area contributed by atoms with E-state index in [1.807, 2.05) is 12.1 Å². The molecule has 5 nitrogen and oxygen atoms in total. The van der Waals surface area contributed by atoms with Gasteiger partial charge in [-0.05, 0) is 56.3 Å². The number of benzene rings is 1. The number of likely N-dealkylation sites (tertiary alicyclic amines) is 1. The Morgan fingerprint density at radius 2 is 2.16 bits per heavy atom. The number of nitrogens with zero attached hydrogens (tertiary/aromatic N) is 3. The molecule has 0 bridgehead atoms. The standard InChI is InChI=1S/C20H25N3O2/c24-20(25)16-6-3-5-15(11-16)13-22-9-4-7-17(14-22)19-21-12-18-8-1-2-10-23(18)19/h3,5-6,11-12,17H,1-2,4,7-10,13-14H2,(H,24,25). The van der Waals surface area contributed by atoms with Crippen LogP contribution in [0.3, 0.4) is 0 Å². The molecular formula is C20H25N3O2. The molecule has 0 spiro atoms. The summed E-state index contributed by atoms with van der Waals surface area (Å²) in [6.07, 6.45) is 8.14. The molecular weight excluding hydrogens is 314 g/mol. The van der Waals surface area contributed by atoms with E-state index in [2.05, 4.69) is 15.7 Å². The third-order valence-electron chi connectivity index (χ3n) is 5.48. The molecule has 0 amide bonds. The number of piperidine rings is 1. The fourth-order valence-electron chi connectivity index (χ4n) is 4.26. The normalized spacial score (nSPS) is 21.0. The number of aryl methyl sites for hydroxylation is 1. The molecule has 5 heteroatoms. The largest absolute Gasteiger partial charge is 0.478 e. The first-order valence-corrected chi connectivity index (χ1v) is 9.29. The molecule has 1 atom stereocenters. The molecule has 132 valence electrons. The molecule has 2 aromatic rings. The lowest BCUT2D eigenvalue weighted by atomic mass is 9.96. The number of fused-ring (bicyclic) bond motifs is 1. The van der Waals surface area contributed by atoms with Crippen molar-refractivity contribution in [3.05, 3.63) is 53.1 Å². The highest BCUT2D eigenvalue weighted by Gasteiger charge is 2.26. The van der Waals surface area contributed by atoms with Gasteiger partial charge in [0.05, 0.1) is 5.56 Å². The van der Waals surface area contributed by atoms with Gasteiger partial charge in [0, 0.05) is 37.4 Å². The highest BCUT2D eigenvalue weighted by Crippen LogP contribution is 2.29. The summed E-state index contributed by atoms with van der Waals surface area (Å²) in [7, 11) is 0. The molecule has 0 radical (unpaired) electrons. The maximum absolute atomic E-state index is 11.2. The summed E-state index contributed by atoms with van der Waals surface area (Å²) >= 11 is 0. The minimum absolute atomic E-state index is 0.369. The Morgan fingerprint density at radius 3 is 3.04 bits per heavy atom. The molecule has 1 N–H and O–H groups in total. The van der Waals surface area contributed by atoms with E-state index in [9.17, 15) is 9.90 Å². The molecule has 0 saturated carbocycles. The van der Waals surface area contributed by atoms with E-state index < -0.39 is 5.97 Å². The molecule has 3 heterocycles. The molecule has 25 heavy (non-hydrogen) atoms. The lowest BCUT2D eigenvalue weighted by Crippen LogP contribution is -2.35. The van der Waals surface area contributed by atoms with E-state index in [0.29, 0.717) is 11.5 Å². The Kier molecular flexibility index (Phi) is 4.57. The average Bonchev–Trinajstić information content (AvgIpc) is 3.06. The van der Waals surface area contributed by atoms with Crippen LogP contribution in [0.5, 0.6) is 0 Å². The molecule has 1 fully saturated rings. The molecule has 1 aromatic heterocycles. The van der Waals surface area contributed by atoms with Crippen LogP contribution < -0.4 is 0 Å². The van der Waals surface area contributed by atoms with E-state index in [0.717, 1.165) is 38.2 Å². The van der Waals surface area contributed by atoms with Crippen LogP contribution in [0.4, 0.5) is 0 Å². The second kappa shape index (κ2) is 7.00. The van der Waals surface area contributed by atoms with E-state index >= 15 is 0 Å². The molecule has 0 aliphatic carbocycles. The Morgan fingerprint density at radius 1 is 1.24 bits per heavy atom. The molecule has 2 aliphatic heterocycles. The van der Waals surface area contributed by atoms with Crippen molar-refractivity contribution < 1.29 is 9.90 Å². The minimum Gasteiger partial charge on any atom is -0.478 e. The highest BCUT2D eigenvalue weighted by atomic mass is 16.4. The van der Waals surface area contributed by atoms with Crippen molar-refractivity contribution in [1.82, 2.24) is 14.5 Å². The average molecular weight is 339 g/mol. The van der Waals surface area contributed by atoms with Gasteiger partial charge in [0.2, 0.25) is 0 Å². The molecule has 1 saturated heterocycles. The number of carboxylic acids is 1. The Balaban J connectivity index is 1.47. The van der Waals surface area contributed by atoms with Crippen molar-refractivity contribution in [3.8, 4) is 0 Å². The van der Waals surface area contributed by atoms with Crippen molar-refractivity contribution in [3.63, 3.8) is 0 Å². The van der Waals surface area contributed by atoms with Gasteiger partial charge in [0.1, 0.15) is 5.82 Å². The van der Waals surface area contributed by atoms with Crippen LogP contribution in [-0.2, 0) is 19.5 Å². The first-order valence-electron chi connectivity index (χ1n) is 9.29. The third kappa shape index (κ3) is 3.47. The van der Waals surface area contributed by atoms with Gasteiger partial charge in [-0.2, -0.15) is 0 Å². The second-order valence-corrected chi connectivity index (χ2v) is 7.30. The van der Waals surface area contributed by atoms with Crippen LogP contribution >= 0.6 is 0 Å². The van der Waals surface area contributed by atoms with Gasteiger partial charge < -0.3 is 9.67 Å². The quantitative estimate of drug-likeness (QED) is 0.928. The second-order valence-electron chi connectivity index (χ2n) is 7.30. The van der Waals surface area contributed by atoms with Crippen LogP contribution in [-0.4, -0.2) is 38.6 Å². The number of carbonyl (C=O) groups is 1. The summed E-state index contributed by atoms with van der Waals surface area (Å²) in [5.41, 5.74) is 2.84. The first kappa shape index (κ1) is 16.3. The summed E-state index contributed by atoms with van der Waals surface area (Å²) in [5, 5.41) is 9.17. The Labute approximate surface area is 148 Å². The van der Waals surface area contributed by atoms with Crippen LogP contribution in [0.1, 0.15) is 59.0 Å². The van der Waals surface area contributed by atoms with E-state index in [-0.39, 0.29) is 0 Å². The van der Waals surface area contributed by atoms with Crippen LogP contribution in [0.2, 0.25) is 0 Å². The number of aromatic carboxylic acids is 1. The summed E-state index contributed by atoms with van der Waals surface area (Å²) < 4.78 is 2.45. The molecule has 4 rings (SSSR count). The van der Waals surface area contributed by atoms with Crippen LogP contribution in [0.15, 0.2) is 30.5 Å². The summed E-state index contributed by atoms with van der Waals surface area (Å²) in [6.45, 7) is 4.00. The van der Waals surface area contributed by atoms with Crippen molar-refractivity contribution in [2.45, 2.75) is 51.1 Å². The topological polar surface area (TPSA) is 58.4 Å². The summed E-state index contributed by atoms with van der Waals surface area (Å²) in [5.74, 6) is 0.893. The summed E-state index contributed by atoms with van der Waals surface area (Å²) in [6, 6.07) is 7.31. The molecule has 1 aromatic carbocycles. The fourth-order valence-corrected chi connectivity index (χ4v) is 4.26. The van der Waals surface area contributed by atoms with Crippen LogP contribution in [0, 0.1) is 0 Å². The van der Waals surface area contributed by atoms with E-state index in [4.69, 9.17) is 4.98 Å². The van der Waals surface area contributed by atoms with Crippen molar-refractivity contribution >= 4 is 5.97 Å². The Bertz CT molecular complexity index is 768. The minimum atomic E-state index is -0.859. The fraction of sp³-hybridized carbons (Fsp3) is 0.500. The smallest absolute Gasteiger partial charge is 0.335 e. The number of carboxylic acid groups (broad SMARTS) is 1. The number of hydrogen-bond acceptors (Lipinski definition) is 3. The lowest BCUT2D eigenvalue weighted by molar-refractivity contribution is 0.0696. The highest BCUT2D eigenvalue weighted by molar-refractivity contribution is 5.87. The first-order chi connectivity index (χ1) is 12.2. The maximum atomic E-state index is 11.2. The number of aromatic nitrogens is 2. The maximum Gasteiger partial charge on any atom is 0.335 e. The van der Waals surface area contributed by atoms with Gasteiger partial charge in [0.15, 0.2) is 0 Å². The lowest BCUT2D eigenvalue weighted by Gasteiger charge is -2.33. The van der Waals surface area contributed by atoms with E-state index in [1.165, 1.54) is 37.2 Å². The monoisotopic (exact) mass is 339 g/mol. The number of rotatable bonds is 4. The van der Waals surface area contributed by atoms with Gasteiger partial charge in [0.25, 0.3) is 0 Å².